The molecule has 94 valence electrons. The van der Waals surface area contributed by atoms with Crippen LogP contribution in [0.15, 0.2) is 42.9 Å². The van der Waals surface area contributed by atoms with Crippen LogP contribution in [0, 0.1) is 5.82 Å². The maximum atomic E-state index is 13.5. The number of H-pyrrole nitrogens is 1. The number of carbonyl (C=O) groups excluding carboxylic acids is 1. The van der Waals surface area contributed by atoms with Gasteiger partial charge >= 0.3 is 0 Å². The van der Waals surface area contributed by atoms with Gasteiger partial charge in [0.15, 0.2) is 5.82 Å². The first-order chi connectivity index (χ1) is 9.25. The van der Waals surface area contributed by atoms with Gasteiger partial charge in [-0.25, -0.2) is 4.39 Å². The first-order valence-electron chi connectivity index (χ1n) is 5.58. The Morgan fingerprint density at radius 3 is 3.00 bits per heavy atom. The average Bonchev–Trinajstić information content (AvgIpc) is 2.88. The molecular formula is C13H9FN4O. The molecule has 0 aliphatic heterocycles. The van der Waals surface area contributed by atoms with Crippen molar-refractivity contribution in [1.29, 1.82) is 0 Å². The lowest BCUT2D eigenvalue weighted by molar-refractivity contribution is 0.102. The number of nitrogens with one attached hydrogen (secondary N) is 2. The van der Waals surface area contributed by atoms with Crippen LogP contribution in [0.1, 0.15) is 10.4 Å². The average molecular weight is 256 g/mol. The van der Waals surface area contributed by atoms with Crippen molar-refractivity contribution in [2.24, 2.45) is 0 Å². The Labute approximate surface area is 107 Å². The van der Waals surface area contributed by atoms with Crippen molar-refractivity contribution in [2.75, 3.05) is 5.32 Å². The first-order valence-corrected chi connectivity index (χ1v) is 5.58. The Kier molecular flexibility index (Phi) is 2.68. The van der Waals surface area contributed by atoms with Crippen LogP contribution < -0.4 is 5.32 Å². The summed E-state index contributed by atoms with van der Waals surface area (Å²) in [6, 6.07) is 6.70. The number of aromatic nitrogens is 3. The second kappa shape index (κ2) is 4.49. The van der Waals surface area contributed by atoms with Crippen LogP contribution in [-0.4, -0.2) is 21.1 Å². The number of para-hydroxylation sites is 1. The maximum absolute atomic E-state index is 13.5. The number of rotatable bonds is 2. The number of pyridine rings is 1. The molecule has 2 heterocycles. The van der Waals surface area contributed by atoms with E-state index in [4.69, 9.17) is 0 Å². The van der Waals surface area contributed by atoms with Crippen LogP contribution in [0.4, 0.5) is 10.1 Å². The van der Waals surface area contributed by atoms with Gasteiger partial charge in [-0.05, 0) is 12.1 Å². The molecule has 0 unspecified atom stereocenters. The lowest BCUT2D eigenvalue weighted by atomic mass is 10.2. The van der Waals surface area contributed by atoms with E-state index in [0.717, 1.165) is 11.6 Å². The summed E-state index contributed by atoms with van der Waals surface area (Å²) >= 11 is 0. The van der Waals surface area contributed by atoms with Gasteiger partial charge in [0.2, 0.25) is 0 Å². The third-order valence-electron chi connectivity index (χ3n) is 2.74. The van der Waals surface area contributed by atoms with Crippen LogP contribution in [0.5, 0.6) is 0 Å². The molecule has 0 aliphatic carbocycles. The number of amides is 1. The van der Waals surface area contributed by atoms with Gasteiger partial charge in [-0.15, -0.1) is 0 Å². The fourth-order valence-corrected chi connectivity index (χ4v) is 1.82. The Morgan fingerprint density at radius 2 is 2.16 bits per heavy atom. The summed E-state index contributed by atoms with van der Waals surface area (Å²) in [6.07, 6.45) is 4.03. The van der Waals surface area contributed by atoms with Gasteiger partial charge in [-0.1, -0.05) is 12.1 Å². The highest BCUT2D eigenvalue weighted by molar-refractivity contribution is 6.08. The van der Waals surface area contributed by atoms with E-state index in [-0.39, 0.29) is 5.56 Å². The van der Waals surface area contributed by atoms with Gasteiger partial charge in [-0.2, -0.15) is 5.10 Å². The lowest BCUT2D eigenvalue weighted by Gasteiger charge is -2.06. The summed E-state index contributed by atoms with van der Waals surface area (Å²) in [7, 11) is 0. The molecule has 19 heavy (non-hydrogen) atoms. The SMILES string of the molecule is O=C(Nc1cccc2cn[nH]c12)c1ccncc1F. The molecule has 1 amide bonds. The molecule has 6 heteroatoms. The van der Waals surface area contributed by atoms with Crippen LogP contribution in [0.2, 0.25) is 0 Å². The molecule has 0 radical (unpaired) electrons. The Balaban J connectivity index is 1.95. The molecule has 0 spiro atoms. The van der Waals surface area contributed by atoms with Gasteiger partial charge in [0.05, 0.1) is 29.2 Å². The summed E-state index contributed by atoms with van der Waals surface area (Å²) in [6.45, 7) is 0. The third-order valence-corrected chi connectivity index (χ3v) is 2.74. The van der Waals surface area contributed by atoms with E-state index in [1.165, 1.54) is 12.3 Å². The van der Waals surface area contributed by atoms with Crippen molar-refractivity contribution >= 4 is 22.5 Å². The molecule has 1 aromatic carbocycles. The van der Waals surface area contributed by atoms with Gasteiger partial charge in [0.25, 0.3) is 5.91 Å². The molecule has 2 aromatic heterocycles. The normalized spacial score (nSPS) is 10.6. The standard InChI is InChI=1S/C13H9FN4O/c14-10-7-15-5-4-9(10)13(19)17-11-3-1-2-8-6-16-18-12(8)11/h1-7H,(H,16,18)(H,17,19). The van der Waals surface area contributed by atoms with E-state index in [1.807, 2.05) is 6.07 Å². The summed E-state index contributed by atoms with van der Waals surface area (Å²) in [5, 5.41) is 10.2. The number of carbonyl (C=O) groups is 1. The minimum atomic E-state index is -0.656. The van der Waals surface area contributed by atoms with E-state index in [1.54, 1.807) is 18.3 Å². The number of fused-ring (bicyclic) bond motifs is 1. The highest BCUT2D eigenvalue weighted by Crippen LogP contribution is 2.21. The number of anilines is 1. The molecule has 0 atom stereocenters. The summed E-state index contributed by atoms with van der Waals surface area (Å²) in [5.41, 5.74) is 1.20. The Bertz CT molecular complexity index is 753. The van der Waals surface area contributed by atoms with Crippen molar-refractivity contribution in [3.8, 4) is 0 Å². The molecular weight excluding hydrogens is 247 g/mol. The molecule has 3 aromatic rings. The van der Waals surface area contributed by atoms with Gasteiger partial charge in [0.1, 0.15) is 0 Å². The number of aromatic amines is 1. The fraction of sp³-hybridized carbons (Fsp3) is 0. The number of benzene rings is 1. The smallest absolute Gasteiger partial charge is 0.258 e. The predicted octanol–water partition coefficient (Wildman–Crippen LogP) is 2.35. The van der Waals surface area contributed by atoms with Gasteiger partial charge < -0.3 is 5.32 Å². The third kappa shape index (κ3) is 2.03. The molecule has 2 N–H and O–H groups in total. The molecule has 0 saturated carbocycles. The lowest BCUT2D eigenvalue weighted by Crippen LogP contribution is -2.14. The quantitative estimate of drug-likeness (QED) is 0.739. The highest BCUT2D eigenvalue weighted by atomic mass is 19.1. The van der Waals surface area contributed by atoms with Crippen LogP contribution in [-0.2, 0) is 0 Å². The number of hydrogen-bond donors (Lipinski definition) is 2. The second-order valence-corrected chi connectivity index (χ2v) is 3.95. The van der Waals surface area contributed by atoms with Crippen molar-refractivity contribution in [3.63, 3.8) is 0 Å². The monoisotopic (exact) mass is 256 g/mol. The largest absolute Gasteiger partial charge is 0.320 e. The Hall–Kier alpha value is -2.76. The first kappa shape index (κ1) is 11.3. The van der Waals surface area contributed by atoms with E-state index in [2.05, 4.69) is 20.5 Å². The van der Waals surface area contributed by atoms with Crippen LogP contribution in [0.25, 0.3) is 10.9 Å². The number of nitrogens with zero attached hydrogens (tertiary/aromatic N) is 2. The van der Waals surface area contributed by atoms with Gasteiger partial charge in [-0.3, -0.25) is 14.9 Å². The van der Waals surface area contributed by atoms with E-state index in [0.29, 0.717) is 11.2 Å². The predicted molar refractivity (Wildman–Crippen MR) is 68.2 cm³/mol. The number of hydrogen-bond acceptors (Lipinski definition) is 3. The summed E-state index contributed by atoms with van der Waals surface area (Å²) in [4.78, 5) is 15.6. The van der Waals surface area contributed by atoms with Crippen molar-refractivity contribution < 1.29 is 9.18 Å². The van der Waals surface area contributed by atoms with Crippen molar-refractivity contribution in [1.82, 2.24) is 15.2 Å². The topological polar surface area (TPSA) is 70.7 Å². The molecule has 0 saturated heterocycles. The van der Waals surface area contributed by atoms with Crippen molar-refractivity contribution in [2.45, 2.75) is 0 Å². The maximum Gasteiger partial charge on any atom is 0.258 e. The van der Waals surface area contributed by atoms with Crippen molar-refractivity contribution in [3.05, 3.63) is 54.2 Å². The van der Waals surface area contributed by atoms with Crippen LogP contribution in [0.3, 0.4) is 0 Å². The zero-order valence-corrected chi connectivity index (χ0v) is 9.72. The van der Waals surface area contributed by atoms with E-state index >= 15 is 0 Å². The highest BCUT2D eigenvalue weighted by Gasteiger charge is 2.13. The van der Waals surface area contributed by atoms with E-state index in [9.17, 15) is 9.18 Å². The van der Waals surface area contributed by atoms with Crippen LogP contribution >= 0.6 is 0 Å². The molecule has 0 aliphatic rings. The molecule has 3 rings (SSSR count). The number of halogens is 1. The second-order valence-electron chi connectivity index (χ2n) is 3.95. The van der Waals surface area contributed by atoms with E-state index < -0.39 is 11.7 Å². The molecule has 0 fully saturated rings. The molecule has 5 nitrogen and oxygen atoms in total. The zero-order valence-electron chi connectivity index (χ0n) is 9.72. The summed E-state index contributed by atoms with van der Waals surface area (Å²) < 4.78 is 13.5. The zero-order chi connectivity index (χ0) is 13.2. The molecule has 0 bridgehead atoms. The fourth-order valence-electron chi connectivity index (χ4n) is 1.82. The minimum absolute atomic E-state index is 0.0495. The summed E-state index contributed by atoms with van der Waals surface area (Å²) in [5.74, 6) is -1.18. The Morgan fingerprint density at radius 1 is 1.26 bits per heavy atom. The van der Waals surface area contributed by atoms with Gasteiger partial charge in [0, 0.05) is 11.6 Å². The minimum Gasteiger partial charge on any atom is -0.320 e.